The van der Waals surface area contributed by atoms with Crippen molar-refractivity contribution in [1.29, 1.82) is 0 Å². The molecule has 1 aromatic rings. The number of nitrogens with zero attached hydrogens (tertiary/aromatic N) is 2. The first-order valence-corrected chi connectivity index (χ1v) is 6.73. The minimum Gasteiger partial charge on any atom is -0.395 e. The molecule has 1 amide bonds. The molecule has 1 rings (SSSR count). The van der Waals surface area contributed by atoms with Crippen molar-refractivity contribution < 1.29 is 9.90 Å². The van der Waals surface area contributed by atoms with Crippen LogP contribution in [0, 0.1) is 0 Å². The number of aromatic nitrogens is 1. The third-order valence-corrected chi connectivity index (χ3v) is 3.26. The molecule has 0 spiro atoms. The highest BCUT2D eigenvalue weighted by Gasteiger charge is 2.22. The standard InChI is InChI=1S/C14H23N3O2/c1-4-12(5-2)17(8-9-18)14(19)13-7-6-11(15-3)10-16-13/h6-7,10,12,15,18H,4-5,8-9H2,1-3H3. The van der Waals surface area contributed by atoms with Crippen LogP contribution >= 0.6 is 0 Å². The van der Waals surface area contributed by atoms with Crippen LogP contribution in [0.5, 0.6) is 0 Å². The number of rotatable bonds is 7. The summed E-state index contributed by atoms with van der Waals surface area (Å²) in [6.45, 7) is 4.41. The van der Waals surface area contributed by atoms with Crippen LogP contribution in [0.1, 0.15) is 37.2 Å². The number of pyridine rings is 1. The second kappa shape index (κ2) is 7.74. The van der Waals surface area contributed by atoms with Crippen molar-refractivity contribution in [2.75, 3.05) is 25.5 Å². The predicted octanol–water partition coefficient (Wildman–Crippen LogP) is 1.75. The number of hydrogen-bond acceptors (Lipinski definition) is 4. The highest BCUT2D eigenvalue weighted by molar-refractivity contribution is 5.92. The minimum absolute atomic E-state index is 0.0309. The predicted molar refractivity (Wildman–Crippen MR) is 76.3 cm³/mol. The van der Waals surface area contributed by atoms with Gasteiger partial charge in [0.2, 0.25) is 0 Å². The number of aliphatic hydroxyl groups is 1. The second-order valence-electron chi connectivity index (χ2n) is 4.37. The van der Waals surface area contributed by atoms with Gasteiger partial charge in [-0.05, 0) is 25.0 Å². The van der Waals surface area contributed by atoms with Crippen LogP contribution in [0.2, 0.25) is 0 Å². The summed E-state index contributed by atoms with van der Waals surface area (Å²) in [5.41, 5.74) is 1.28. The molecule has 1 heterocycles. The van der Waals surface area contributed by atoms with E-state index in [2.05, 4.69) is 10.3 Å². The maximum Gasteiger partial charge on any atom is 0.272 e. The number of anilines is 1. The number of nitrogens with one attached hydrogen (secondary N) is 1. The van der Waals surface area contributed by atoms with E-state index in [1.54, 1.807) is 24.2 Å². The lowest BCUT2D eigenvalue weighted by atomic mass is 10.1. The van der Waals surface area contributed by atoms with Crippen molar-refractivity contribution in [3.05, 3.63) is 24.0 Å². The van der Waals surface area contributed by atoms with Crippen LogP contribution in [0.15, 0.2) is 18.3 Å². The van der Waals surface area contributed by atoms with E-state index in [-0.39, 0.29) is 18.6 Å². The molecule has 0 aliphatic heterocycles. The Bertz CT molecular complexity index is 388. The fraction of sp³-hybridized carbons (Fsp3) is 0.571. The molecule has 0 radical (unpaired) electrons. The molecule has 1 aromatic heterocycles. The molecule has 19 heavy (non-hydrogen) atoms. The second-order valence-corrected chi connectivity index (χ2v) is 4.37. The van der Waals surface area contributed by atoms with Crippen molar-refractivity contribution in [3.63, 3.8) is 0 Å². The normalized spacial score (nSPS) is 10.6. The van der Waals surface area contributed by atoms with Gasteiger partial charge in [0.05, 0.1) is 18.5 Å². The van der Waals surface area contributed by atoms with E-state index >= 15 is 0 Å². The lowest BCUT2D eigenvalue weighted by Crippen LogP contribution is -2.41. The molecule has 0 unspecified atom stereocenters. The lowest BCUT2D eigenvalue weighted by molar-refractivity contribution is 0.0616. The SMILES string of the molecule is CCC(CC)N(CCO)C(=O)c1ccc(NC)cn1. The molecule has 0 bridgehead atoms. The van der Waals surface area contributed by atoms with Gasteiger partial charge in [-0.1, -0.05) is 13.8 Å². The average molecular weight is 265 g/mol. The first-order chi connectivity index (χ1) is 9.17. The highest BCUT2D eigenvalue weighted by Crippen LogP contribution is 2.13. The highest BCUT2D eigenvalue weighted by atomic mass is 16.3. The summed E-state index contributed by atoms with van der Waals surface area (Å²) >= 11 is 0. The molecule has 0 atom stereocenters. The van der Waals surface area contributed by atoms with Crippen molar-refractivity contribution >= 4 is 11.6 Å². The number of hydrogen-bond donors (Lipinski definition) is 2. The molecular formula is C14H23N3O2. The molecule has 0 saturated heterocycles. The Hall–Kier alpha value is -1.62. The van der Waals surface area contributed by atoms with Gasteiger partial charge < -0.3 is 15.3 Å². The third-order valence-electron chi connectivity index (χ3n) is 3.26. The van der Waals surface area contributed by atoms with Crippen molar-refractivity contribution in [2.45, 2.75) is 32.7 Å². The van der Waals surface area contributed by atoms with E-state index in [9.17, 15) is 4.79 Å². The average Bonchev–Trinajstić information content (AvgIpc) is 2.47. The van der Waals surface area contributed by atoms with Crippen LogP contribution in [0.25, 0.3) is 0 Å². The van der Waals surface area contributed by atoms with Crippen molar-refractivity contribution in [3.8, 4) is 0 Å². The molecule has 5 heteroatoms. The molecule has 0 aromatic carbocycles. The Morgan fingerprint density at radius 2 is 2.11 bits per heavy atom. The van der Waals surface area contributed by atoms with Crippen LogP contribution in [-0.4, -0.2) is 47.1 Å². The van der Waals surface area contributed by atoms with Gasteiger partial charge in [-0.15, -0.1) is 0 Å². The Morgan fingerprint density at radius 3 is 2.53 bits per heavy atom. The number of carbonyl (C=O) groups excluding carboxylic acids is 1. The summed E-state index contributed by atoms with van der Waals surface area (Å²) in [7, 11) is 1.81. The quantitative estimate of drug-likeness (QED) is 0.788. The van der Waals surface area contributed by atoms with Gasteiger partial charge in [-0.25, -0.2) is 4.98 Å². The van der Waals surface area contributed by atoms with E-state index in [0.29, 0.717) is 12.2 Å². The lowest BCUT2D eigenvalue weighted by Gasteiger charge is -2.29. The van der Waals surface area contributed by atoms with Gasteiger partial charge in [-0.3, -0.25) is 4.79 Å². The van der Waals surface area contributed by atoms with Gasteiger partial charge in [0.15, 0.2) is 0 Å². The zero-order valence-corrected chi connectivity index (χ0v) is 11.9. The summed E-state index contributed by atoms with van der Waals surface area (Å²) in [5.74, 6) is -0.120. The molecule has 0 fully saturated rings. The Kier molecular flexibility index (Phi) is 6.29. The molecule has 5 nitrogen and oxygen atoms in total. The smallest absolute Gasteiger partial charge is 0.272 e. The molecule has 0 aliphatic carbocycles. The van der Waals surface area contributed by atoms with Gasteiger partial charge >= 0.3 is 0 Å². The van der Waals surface area contributed by atoms with E-state index in [1.807, 2.05) is 19.9 Å². The summed E-state index contributed by atoms with van der Waals surface area (Å²) < 4.78 is 0. The number of carbonyl (C=O) groups is 1. The molecular weight excluding hydrogens is 242 g/mol. The largest absolute Gasteiger partial charge is 0.395 e. The summed E-state index contributed by atoms with van der Waals surface area (Å²) in [6.07, 6.45) is 3.38. The van der Waals surface area contributed by atoms with Gasteiger partial charge in [0, 0.05) is 19.6 Å². The molecule has 0 saturated carbocycles. The maximum atomic E-state index is 12.4. The van der Waals surface area contributed by atoms with Gasteiger partial charge in [-0.2, -0.15) is 0 Å². The van der Waals surface area contributed by atoms with Crippen LogP contribution < -0.4 is 5.32 Å². The Morgan fingerprint density at radius 1 is 1.42 bits per heavy atom. The Balaban J connectivity index is 2.91. The molecule has 2 N–H and O–H groups in total. The van der Waals surface area contributed by atoms with Crippen molar-refractivity contribution in [2.24, 2.45) is 0 Å². The fourth-order valence-corrected chi connectivity index (χ4v) is 2.10. The van der Waals surface area contributed by atoms with Crippen LogP contribution in [-0.2, 0) is 0 Å². The molecule has 106 valence electrons. The third kappa shape index (κ3) is 3.92. The van der Waals surface area contributed by atoms with E-state index in [0.717, 1.165) is 18.5 Å². The van der Waals surface area contributed by atoms with Gasteiger partial charge in [0.25, 0.3) is 5.91 Å². The van der Waals surface area contributed by atoms with E-state index in [1.165, 1.54) is 0 Å². The zero-order valence-electron chi connectivity index (χ0n) is 11.9. The number of aliphatic hydroxyl groups excluding tert-OH is 1. The van der Waals surface area contributed by atoms with E-state index < -0.39 is 0 Å². The first-order valence-electron chi connectivity index (χ1n) is 6.73. The van der Waals surface area contributed by atoms with Crippen LogP contribution in [0.3, 0.4) is 0 Å². The van der Waals surface area contributed by atoms with Gasteiger partial charge in [0.1, 0.15) is 5.69 Å². The zero-order chi connectivity index (χ0) is 14.3. The van der Waals surface area contributed by atoms with Crippen molar-refractivity contribution in [1.82, 2.24) is 9.88 Å². The van der Waals surface area contributed by atoms with Crippen LogP contribution in [0.4, 0.5) is 5.69 Å². The monoisotopic (exact) mass is 265 g/mol. The Labute approximate surface area is 114 Å². The fourth-order valence-electron chi connectivity index (χ4n) is 2.10. The van der Waals surface area contributed by atoms with E-state index in [4.69, 9.17) is 5.11 Å². The summed E-state index contributed by atoms with van der Waals surface area (Å²) in [5, 5.41) is 12.1. The summed E-state index contributed by atoms with van der Waals surface area (Å²) in [4.78, 5) is 18.3. The summed E-state index contributed by atoms with van der Waals surface area (Å²) in [6, 6.07) is 3.68. The molecule has 0 aliphatic rings. The topological polar surface area (TPSA) is 65.5 Å². The maximum absolute atomic E-state index is 12.4. The number of amides is 1. The minimum atomic E-state index is -0.120. The first kappa shape index (κ1) is 15.4.